The molecule has 1 saturated heterocycles. The third-order valence-electron chi connectivity index (χ3n) is 5.77. The molecule has 9 heteroatoms. The lowest BCUT2D eigenvalue weighted by Crippen LogP contribution is -2.40. The van der Waals surface area contributed by atoms with Crippen LogP contribution in [0.5, 0.6) is 0 Å². The molecule has 2 aromatic heterocycles. The highest BCUT2D eigenvalue weighted by Gasteiger charge is 2.33. The van der Waals surface area contributed by atoms with E-state index in [1.807, 2.05) is 6.07 Å². The van der Waals surface area contributed by atoms with Gasteiger partial charge in [0.25, 0.3) is 0 Å². The summed E-state index contributed by atoms with van der Waals surface area (Å²) in [5.74, 6) is -0.323. The smallest absolute Gasteiger partial charge is 0.410 e. The fraction of sp³-hybridized carbons (Fsp3) is 0.391. The number of carbonyl (C=O) groups excluding carboxylic acids is 2. The van der Waals surface area contributed by atoms with Crippen LogP contribution in [0.4, 0.5) is 9.80 Å². The number of aromatic nitrogens is 1. The number of nitrogens with one attached hydrogen (secondary N) is 1. The minimum atomic E-state index is -0.388. The SMILES string of the molecule is N#Cc1c(NC(=O)C=Cc2cccnc2)sc2c1CCC(OC(=O)N1CCC[C@H]1CO)C2. The number of rotatable bonds is 5. The van der Waals surface area contributed by atoms with Crippen molar-refractivity contribution in [1.82, 2.24) is 9.88 Å². The molecule has 166 valence electrons. The summed E-state index contributed by atoms with van der Waals surface area (Å²) in [6.07, 6.45) is 9.11. The maximum absolute atomic E-state index is 12.5. The van der Waals surface area contributed by atoms with Gasteiger partial charge >= 0.3 is 6.09 Å². The van der Waals surface area contributed by atoms with Crippen LogP contribution in [-0.4, -0.2) is 52.3 Å². The van der Waals surface area contributed by atoms with Crippen molar-refractivity contribution in [2.45, 2.75) is 44.2 Å². The van der Waals surface area contributed by atoms with Crippen LogP contribution in [0.1, 0.15) is 40.8 Å². The number of pyridine rings is 1. The number of aliphatic hydroxyl groups excluding tert-OH is 1. The van der Waals surface area contributed by atoms with E-state index < -0.39 is 0 Å². The third kappa shape index (κ3) is 4.82. The molecule has 0 saturated carbocycles. The van der Waals surface area contributed by atoms with E-state index in [9.17, 15) is 20.0 Å². The molecule has 4 rings (SSSR count). The molecule has 0 radical (unpaired) electrons. The van der Waals surface area contributed by atoms with Crippen LogP contribution in [-0.2, 0) is 22.4 Å². The summed E-state index contributed by atoms with van der Waals surface area (Å²) in [6.45, 7) is 0.543. The zero-order valence-corrected chi connectivity index (χ0v) is 18.3. The molecule has 8 nitrogen and oxygen atoms in total. The molecule has 0 bridgehead atoms. The maximum Gasteiger partial charge on any atom is 0.410 e. The van der Waals surface area contributed by atoms with E-state index in [0.717, 1.165) is 28.8 Å². The van der Waals surface area contributed by atoms with Crippen molar-refractivity contribution >= 4 is 34.4 Å². The summed E-state index contributed by atoms with van der Waals surface area (Å²) in [5.41, 5.74) is 2.21. The number of nitriles is 1. The Morgan fingerprint density at radius 1 is 1.44 bits per heavy atom. The molecule has 3 heterocycles. The van der Waals surface area contributed by atoms with E-state index in [4.69, 9.17) is 4.74 Å². The van der Waals surface area contributed by atoms with E-state index in [1.54, 1.807) is 29.4 Å². The standard InChI is InChI=1S/C23H24N4O4S/c24-12-19-18-7-6-17(31-23(30)27-10-2-4-16(27)14-28)11-20(18)32-22(19)26-21(29)8-5-15-3-1-9-25-13-15/h1,3,5,8-9,13,16-17,28H,2,4,6-7,10-11,14H2,(H,26,29)/t16-,17?/m0/s1. The first-order valence-corrected chi connectivity index (χ1v) is 11.4. The zero-order valence-electron chi connectivity index (χ0n) is 17.5. The molecule has 1 unspecified atom stereocenters. The fourth-order valence-corrected chi connectivity index (χ4v) is 5.40. The van der Waals surface area contributed by atoms with Gasteiger partial charge in [-0.25, -0.2) is 4.79 Å². The molecule has 2 atom stereocenters. The summed E-state index contributed by atoms with van der Waals surface area (Å²) in [7, 11) is 0. The van der Waals surface area contributed by atoms with E-state index >= 15 is 0 Å². The first-order chi connectivity index (χ1) is 15.6. The van der Waals surface area contributed by atoms with Gasteiger partial charge in [0.05, 0.1) is 18.2 Å². The van der Waals surface area contributed by atoms with Crippen molar-refractivity contribution in [2.75, 3.05) is 18.5 Å². The fourth-order valence-electron chi connectivity index (χ4n) is 4.14. The lowest BCUT2D eigenvalue weighted by atomic mass is 9.94. The number of fused-ring (bicyclic) bond motifs is 1. The van der Waals surface area contributed by atoms with Gasteiger partial charge < -0.3 is 20.1 Å². The number of hydrogen-bond acceptors (Lipinski definition) is 7. The van der Waals surface area contributed by atoms with Crippen molar-refractivity contribution in [3.63, 3.8) is 0 Å². The van der Waals surface area contributed by atoms with Gasteiger partial charge in [0.15, 0.2) is 0 Å². The van der Waals surface area contributed by atoms with E-state index in [2.05, 4.69) is 16.4 Å². The Morgan fingerprint density at radius 2 is 2.31 bits per heavy atom. The largest absolute Gasteiger partial charge is 0.446 e. The first kappa shape index (κ1) is 22.0. The quantitative estimate of drug-likeness (QED) is 0.674. The number of carbonyl (C=O) groups is 2. The van der Waals surface area contributed by atoms with Crippen LogP contribution in [0.25, 0.3) is 6.08 Å². The van der Waals surface area contributed by atoms with Gasteiger partial charge in [-0.05, 0) is 49.0 Å². The molecule has 1 aliphatic heterocycles. The Balaban J connectivity index is 1.41. The van der Waals surface area contributed by atoms with Crippen molar-refractivity contribution in [1.29, 1.82) is 5.26 Å². The van der Waals surface area contributed by atoms with Gasteiger partial charge in [-0.15, -0.1) is 11.3 Å². The summed E-state index contributed by atoms with van der Waals surface area (Å²) in [5, 5.41) is 22.4. The van der Waals surface area contributed by atoms with Gasteiger partial charge in [-0.3, -0.25) is 9.78 Å². The Kier molecular flexibility index (Phi) is 6.83. The van der Waals surface area contributed by atoms with Crippen LogP contribution < -0.4 is 5.32 Å². The van der Waals surface area contributed by atoms with Crippen molar-refractivity contribution in [3.8, 4) is 6.07 Å². The van der Waals surface area contributed by atoms with Crippen LogP contribution in [0, 0.1) is 11.3 Å². The molecule has 32 heavy (non-hydrogen) atoms. The predicted octanol–water partition coefficient (Wildman–Crippen LogP) is 3.12. The Labute approximate surface area is 190 Å². The average molecular weight is 453 g/mol. The van der Waals surface area contributed by atoms with Gasteiger partial charge in [-0.2, -0.15) is 5.26 Å². The van der Waals surface area contributed by atoms with E-state index in [-0.39, 0.29) is 30.8 Å². The third-order valence-corrected chi connectivity index (χ3v) is 6.94. The minimum absolute atomic E-state index is 0.0569. The summed E-state index contributed by atoms with van der Waals surface area (Å²) < 4.78 is 5.71. The molecular formula is C23H24N4O4S. The summed E-state index contributed by atoms with van der Waals surface area (Å²) in [6, 6.07) is 5.67. The summed E-state index contributed by atoms with van der Waals surface area (Å²) >= 11 is 1.36. The highest BCUT2D eigenvalue weighted by Crippen LogP contribution is 2.38. The molecule has 2 amide bonds. The Bertz CT molecular complexity index is 1060. The van der Waals surface area contributed by atoms with Crippen LogP contribution >= 0.6 is 11.3 Å². The molecule has 0 aromatic carbocycles. The zero-order chi connectivity index (χ0) is 22.5. The lowest BCUT2D eigenvalue weighted by molar-refractivity contribution is -0.111. The Hall–Kier alpha value is -3.22. The topological polar surface area (TPSA) is 116 Å². The van der Waals surface area contributed by atoms with Gasteiger partial charge in [-0.1, -0.05) is 6.07 Å². The van der Waals surface area contributed by atoms with E-state index in [1.165, 1.54) is 17.4 Å². The highest BCUT2D eigenvalue weighted by molar-refractivity contribution is 7.16. The molecule has 1 aliphatic carbocycles. The number of ether oxygens (including phenoxy) is 1. The van der Waals surface area contributed by atoms with Crippen molar-refractivity contribution in [3.05, 3.63) is 52.2 Å². The number of hydrogen-bond donors (Lipinski definition) is 2. The minimum Gasteiger partial charge on any atom is -0.446 e. The average Bonchev–Trinajstić information content (AvgIpc) is 3.42. The highest BCUT2D eigenvalue weighted by atomic mass is 32.1. The number of aliphatic hydroxyl groups is 1. The number of likely N-dealkylation sites (tertiary alicyclic amines) is 1. The van der Waals surface area contributed by atoms with Crippen LogP contribution in [0.15, 0.2) is 30.6 Å². The molecule has 2 N–H and O–H groups in total. The molecule has 2 aromatic rings. The van der Waals surface area contributed by atoms with Crippen molar-refractivity contribution in [2.24, 2.45) is 0 Å². The molecule has 2 aliphatic rings. The van der Waals surface area contributed by atoms with Crippen LogP contribution in [0.3, 0.4) is 0 Å². The molecular weight excluding hydrogens is 428 g/mol. The monoisotopic (exact) mass is 452 g/mol. The second-order valence-corrected chi connectivity index (χ2v) is 8.95. The number of thiophene rings is 1. The maximum atomic E-state index is 12.5. The first-order valence-electron chi connectivity index (χ1n) is 10.6. The second-order valence-electron chi connectivity index (χ2n) is 7.85. The number of nitrogens with zero attached hydrogens (tertiary/aromatic N) is 3. The second kappa shape index (κ2) is 9.94. The number of amides is 2. The van der Waals surface area contributed by atoms with Crippen LogP contribution in [0.2, 0.25) is 0 Å². The lowest BCUT2D eigenvalue weighted by Gasteiger charge is -2.27. The van der Waals surface area contributed by atoms with E-state index in [0.29, 0.717) is 36.4 Å². The summed E-state index contributed by atoms with van der Waals surface area (Å²) in [4.78, 5) is 31.5. The van der Waals surface area contributed by atoms with Crippen molar-refractivity contribution < 1.29 is 19.4 Å². The number of anilines is 1. The van der Waals surface area contributed by atoms with Gasteiger partial charge in [0.2, 0.25) is 5.91 Å². The van der Waals surface area contributed by atoms with Gasteiger partial charge in [0.1, 0.15) is 17.2 Å². The predicted molar refractivity (Wildman–Crippen MR) is 120 cm³/mol. The van der Waals surface area contributed by atoms with Gasteiger partial charge in [0, 0.05) is 36.3 Å². The normalized spacial score (nSPS) is 20.1. The molecule has 0 spiro atoms. The molecule has 1 fully saturated rings. The Morgan fingerprint density at radius 3 is 3.06 bits per heavy atom.